The van der Waals surface area contributed by atoms with Crippen LogP contribution in [0.25, 0.3) is 5.69 Å². The number of hydrogen-bond acceptors (Lipinski definition) is 2. The van der Waals surface area contributed by atoms with Gasteiger partial charge in [-0.15, -0.1) is 0 Å². The number of hydrogen-bond donors (Lipinski definition) is 1. The van der Waals surface area contributed by atoms with E-state index in [1.807, 2.05) is 41.1 Å². The van der Waals surface area contributed by atoms with Gasteiger partial charge in [-0.05, 0) is 12.1 Å². The molecule has 2 aromatic rings. The van der Waals surface area contributed by atoms with Crippen molar-refractivity contribution in [2.75, 3.05) is 0 Å². The summed E-state index contributed by atoms with van der Waals surface area (Å²) >= 11 is 0. The molecule has 0 atom stereocenters. The van der Waals surface area contributed by atoms with Crippen LogP contribution >= 0.6 is 0 Å². The molecule has 4 nitrogen and oxygen atoms in total. The molecule has 0 unspecified atom stereocenters. The Kier molecular flexibility index (Phi) is 2.78. The van der Waals surface area contributed by atoms with E-state index < -0.39 is 0 Å². The summed E-state index contributed by atoms with van der Waals surface area (Å²) in [5, 5.41) is 2.57. The molecule has 2 rings (SSSR count). The molecule has 4 heteroatoms. The molecule has 0 spiro atoms. The normalized spacial score (nSPS) is 9.87. The smallest absolute Gasteiger partial charge is 0.207 e. The lowest BCUT2D eigenvalue weighted by atomic mass is 10.3. The van der Waals surface area contributed by atoms with Crippen LogP contribution in [0.2, 0.25) is 0 Å². The van der Waals surface area contributed by atoms with Crippen LogP contribution in [0.4, 0.5) is 0 Å². The molecule has 1 aromatic heterocycles. The Morgan fingerprint density at radius 1 is 1.33 bits per heavy atom. The third-order valence-corrected chi connectivity index (χ3v) is 2.06. The van der Waals surface area contributed by atoms with Crippen molar-refractivity contribution >= 4 is 6.41 Å². The fourth-order valence-corrected chi connectivity index (χ4v) is 1.34. The van der Waals surface area contributed by atoms with E-state index in [1.165, 1.54) is 0 Å². The number of nitrogens with one attached hydrogen (secondary N) is 1. The number of amides is 1. The van der Waals surface area contributed by atoms with Gasteiger partial charge in [-0.3, -0.25) is 4.79 Å². The van der Waals surface area contributed by atoms with Gasteiger partial charge in [-0.2, -0.15) is 0 Å². The number of benzene rings is 1. The average molecular weight is 201 g/mol. The second-order valence-corrected chi connectivity index (χ2v) is 3.11. The Morgan fingerprint density at radius 2 is 2.13 bits per heavy atom. The summed E-state index contributed by atoms with van der Waals surface area (Å²) in [6, 6.07) is 9.91. The summed E-state index contributed by atoms with van der Waals surface area (Å²) in [7, 11) is 0. The zero-order valence-electron chi connectivity index (χ0n) is 8.13. The summed E-state index contributed by atoms with van der Waals surface area (Å²) in [5.41, 5.74) is 1.90. The van der Waals surface area contributed by atoms with Gasteiger partial charge >= 0.3 is 0 Å². The Balaban J connectivity index is 2.17. The summed E-state index contributed by atoms with van der Waals surface area (Å²) in [6.45, 7) is 0.462. The van der Waals surface area contributed by atoms with Crippen molar-refractivity contribution in [3.63, 3.8) is 0 Å². The van der Waals surface area contributed by atoms with E-state index in [-0.39, 0.29) is 0 Å². The molecule has 0 aliphatic heterocycles. The van der Waals surface area contributed by atoms with Crippen LogP contribution < -0.4 is 5.32 Å². The standard InChI is InChI=1S/C11H11N3O/c15-9-12-6-10-7-14(8-13-10)11-4-2-1-3-5-11/h1-5,7-9H,6H2,(H,12,15). The lowest BCUT2D eigenvalue weighted by molar-refractivity contribution is -0.109. The highest BCUT2D eigenvalue weighted by molar-refractivity contribution is 5.46. The van der Waals surface area contributed by atoms with Gasteiger partial charge in [0.2, 0.25) is 6.41 Å². The Morgan fingerprint density at radius 3 is 2.87 bits per heavy atom. The second kappa shape index (κ2) is 4.41. The van der Waals surface area contributed by atoms with Gasteiger partial charge in [0.05, 0.1) is 18.6 Å². The highest BCUT2D eigenvalue weighted by Gasteiger charge is 1.98. The lowest BCUT2D eigenvalue weighted by Crippen LogP contribution is -2.09. The maximum absolute atomic E-state index is 10.1. The van der Waals surface area contributed by atoms with Crippen molar-refractivity contribution in [1.29, 1.82) is 0 Å². The van der Waals surface area contributed by atoms with Gasteiger partial charge in [0.15, 0.2) is 0 Å². The lowest BCUT2D eigenvalue weighted by Gasteiger charge is -1.99. The van der Waals surface area contributed by atoms with Crippen molar-refractivity contribution in [2.45, 2.75) is 6.54 Å². The third-order valence-electron chi connectivity index (χ3n) is 2.06. The van der Waals surface area contributed by atoms with E-state index in [9.17, 15) is 4.79 Å². The minimum absolute atomic E-state index is 0.462. The molecule has 0 saturated carbocycles. The van der Waals surface area contributed by atoms with Gasteiger partial charge in [0.25, 0.3) is 0 Å². The van der Waals surface area contributed by atoms with E-state index in [0.717, 1.165) is 11.4 Å². The minimum atomic E-state index is 0.462. The number of nitrogens with zero attached hydrogens (tertiary/aromatic N) is 2. The van der Waals surface area contributed by atoms with Crippen molar-refractivity contribution in [2.24, 2.45) is 0 Å². The first kappa shape index (κ1) is 9.45. The van der Waals surface area contributed by atoms with E-state index in [4.69, 9.17) is 0 Å². The average Bonchev–Trinajstić information content (AvgIpc) is 2.76. The van der Waals surface area contributed by atoms with Crippen LogP contribution in [-0.2, 0) is 11.3 Å². The SMILES string of the molecule is O=CNCc1cn(-c2ccccc2)cn1. The fourth-order valence-electron chi connectivity index (χ4n) is 1.34. The Labute approximate surface area is 87.6 Å². The highest BCUT2D eigenvalue weighted by atomic mass is 16.1. The van der Waals surface area contributed by atoms with Gasteiger partial charge in [-0.25, -0.2) is 4.98 Å². The number of carbonyl (C=O) groups is 1. The highest BCUT2D eigenvalue weighted by Crippen LogP contribution is 2.07. The first-order valence-electron chi connectivity index (χ1n) is 4.65. The fraction of sp³-hybridized carbons (Fsp3) is 0.0909. The van der Waals surface area contributed by atoms with E-state index in [0.29, 0.717) is 13.0 Å². The molecule has 1 N–H and O–H groups in total. The van der Waals surface area contributed by atoms with Gasteiger partial charge in [-0.1, -0.05) is 18.2 Å². The summed E-state index contributed by atoms with van der Waals surface area (Å²) < 4.78 is 1.92. The molecule has 1 heterocycles. The molecule has 0 aliphatic rings. The number of carbonyl (C=O) groups excluding carboxylic acids is 1. The molecule has 1 amide bonds. The van der Waals surface area contributed by atoms with Crippen LogP contribution in [0.5, 0.6) is 0 Å². The summed E-state index contributed by atoms with van der Waals surface area (Å²) in [6.07, 6.45) is 4.30. The third kappa shape index (κ3) is 2.22. The largest absolute Gasteiger partial charge is 0.353 e. The van der Waals surface area contributed by atoms with Gasteiger partial charge in [0.1, 0.15) is 0 Å². The maximum Gasteiger partial charge on any atom is 0.207 e. The first-order valence-corrected chi connectivity index (χ1v) is 4.65. The molecular weight excluding hydrogens is 190 g/mol. The molecule has 0 aliphatic carbocycles. The van der Waals surface area contributed by atoms with Crippen molar-refractivity contribution in [3.05, 3.63) is 48.5 Å². The van der Waals surface area contributed by atoms with E-state index >= 15 is 0 Å². The number of para-hydroxylation sites is 1. The second-order valence-electron chi connectivity index (χ2n) is 3.11. The number of rotatable bonds is 4. The van der Waals surface area contributed by atoms with Crippen LogP contribution in [0, 0.1) is 0 Å². The predicted molar refractivity (Wildman–Crippen MR) is 56.5 cm³/mol. The monoisotopic (exact) mass is 201 g/mol. The van der Waals surface area contributed by atoms with E-state index in [1.54, 1.807) is 6.33 Å². The van der Waals surface area contributed by atoms with Crippen molar-refractivity contribution < 1.29 is 4.79 Å². The zero-order valence-corrected chi connectivity index (χ0v) is 8.13. The minimum Gasteiger partial charge on any atom is -0.353 e. The maximum atomic E-state index is 10.1. The molecule has 1 aromatic carbocycles. The number of imidazole rings is 1. The summed E-state index contributed by atoms with van der Waals surface area (Å²) in [4.78, 5) is 14.3. The molecule has 76 valence electrons. The van der Waals surface area contributed by atoms with Gasteiger partial charge < -0.3 is 9.88 Å². The van der Waals surface area contributed by atoms with Crippen LogP contribution in [0.15, 0.2) is 42.9 Å². The van der Waals surface area contributed by atoms with Crippen LogP contribution in [0.3, 0.4) is 0 Å². The molecule has 15 heavy (non-hydrogen) atoms. The van der Waals surface area contributed by atoms with Crippen molar-refractivity contribution in [3.8, 4) is 5.69 Å². The molecule has 0 bridgehead atoms. The predicted octanol–water partition coefficient (Wildman–Crippen LogP) is 1.12. The topological polar surface area (TPSA) is 46.9 Å². The zero-order chi connectivity index (χ0) is 10.5. The Bertz CT molecular complexity index is 436. The van der Waals surface area contributed by atoms with Crippen LogP contribution in [-0.4, -0.2) is 16.0 Å². The molecule has 0 fully saturated rings. The quantitative estimate of drug-likeness (QED) is 0.753. The van der Waals surface area contributed by atoms with Gasteiger partial charge in [0, 0.05) is 11.9 Å². The Hall–Kier alpha value is -2.10. The molecule has 0 radical (unpaired) electrons. The molecular formula is C11H11N3O. The first-order chi connectivity index (χ1) is 7.40. The van der Waals surface area contributed by atoms with E-state index in [2.05, 4.69) is 10.3 Å². The summed E-state index contributed by atoms with van der Waals surface area (Å²) in [5.74, 6) is 0. The molecule has 0 saturated heterocycles. The van der Waals surface area contributed by atoms with Crippen molar-refractivity contribution in [1.82, 2.24) is 14.9 Å². The number of aromatic nitrogens is 2. The van der Waals surface area contributed by atoms with Crippen LogP contribution in [0.1, 0.15) is 5.69 Å².